The van der Waals surface area contributed by atoms with Crippen molar-refractivity contribution in [1.29, 1.82) is 0 Å². The number of amidine groups is 1. The molecule has 62 valence electrons. The SMILES string of the molecule is C=C(CC)N1CCN=C1SC. The van der Waals surface area contributed by atoms with Gasteiger partial charge in [-0.2, -0.15) is 0 Å². The second-order valence-electron chi connectivity index (χ2n) is 2.44. The van der Waals surface area contributed by atoms with Gasteiger partial charge in [0, 0.05) is 12.2 Å². The fraction of sp³-hybridized carbons (Fsp3) is 0.625. The molecule has 0 radical (unpaired) electrons. The van der Waals surface area contributed by atoms with Crippen LogP contribution < -0.4 is 0 Å². The van der Waals surface area contributed by atoms with Gasteiger partial charge in [0.2, 0.25) is 0 Å². The van der Waals surface area contributed by atoms with Crippen LogP contribution in [0.25, 0.3) is 0 Å². The van der Waals surface area contributed by atoms with Gasteiger partial charge in [0.1, 0.15) is 0 Å². The third-order valence-electron chi connectivity index (χ3n) is 1.77. The molecule has 0 atom stereocenters. The maximum absolute atomic E-state index is 4.35. The number of aliphatic imine (C=N–C) groups is 1. The fourth-order valence-electron chi connectivity index (χ4n) is 1.09. The lowest BCUT2D eigenvalue weighted by Crippen LogP contribution is -2.23. The van der Waals surface area contributed by atoms with Crippen LogP contribution in [0.15, 0.2) is 17.3 Å². The van der Waals surface area contributed by atoms with Crippen LogP contribution in [0, 0.1) is 0 Å². The molecule has 0 bridgehead atoms. The summed E-state index contributed by atoms with van der Waals surface area (Å²) in [6.45, 7) is 8.05. The molecule has 0 saturated carbocycles. The number of hydrogen-bond donors (Lipinski definition) is 0. The summed E-state index contributed by atoms with van der Waals surface area (Å²) in [5.74, 6) is 0. The van der Waals surface area contributed by atoms with Crippen molar-refractivity contribution in [2.75, 3.05) is 19.3 Å². The van der Waals surface area contributed by atoms with E-state index in [-0.39, 0.29) is 0 Å². The van der Waals surface area contributed by atoms with Crippen molar-refractivity contribution in [2.24, 2.45) is 4.99 Å². The lowest BCUT2D eigenvalue weighted by atomic mass is 10.3. The van der Waals surface area contributed by atoms with E-state index in [0.717, 1.165) is 24.7 Å². The van der Waals surface area contributed by atoms with Gasteiger partial charge in [0.25, 0.3) is 0 Å². The molecule has 0 aliphatic carbocycles. The van der Waals surface area contributed by atoms with E-state index in [4.69, 9.17) is 0 Å². The molecule has 0 N–H and O–H groups in total. The smallest absolute Gasteiger partial charge is 0.163 e. The van der Waals surface area contributed by atoms with Gasteiger partial charge < -0.3 is 4.90 Å². The van der Waals surface area contributed by atoms with Crippen LogP contribution in [-0.2, 0) is 0 Å². The van der Waals surface area contributed by atoms with Crippen LogP contribution in [0.3, 0.4) is 0 Å². The molecule has 2 nitrogen and oxygen atoms in total. The van der Waals surface area contributed by atoms with Crippen LogP contribution in [0.4, 0.5) is 0 Å². The van der Waals surface area contributed by atoms with E-state index in [1.54, 1.807) is 11.8 Å². The minimum Gasteiger partial charge on any atom is -0.324 e. The monoisotopic (exact) mass is 170 g/mol. The van der Waals surface area contributed by atoms with Crippen LogP contribution in [0.2, 0.25) is 0 Å². The third kappa shape index (κ3) is 1.77. The highest BCUT2D eigenvalue weighted by atomic mass is 32.2. The Bertz CT molecular complexity index is 187. The van der Waals surface area contributed by atoms with Crippen molar-refractivity contribution >= 4 is 16.9 Å². The number of rotatable bonds is 2. The average molecular weight is 170 g/mol. The van der Waals surface area contributed by atoms with Gasteiger partial charge in [-0.3, -0.25) is 4.99 Å². The Labute approximate surface area is 72.4 Å². The van der Waals surface area contributed by atoms with Gasteiger partial charge in [0.05, 0.1) is 6.54 Å². The molecule has 0 aromatic rings. The Morgan fingerprint density at radius 2 is 2.55 bits per heavy atom. The Balaban J connectivity index is 2.59. The Kier molecular flexibility index (Phi) is 3.00. The summed E-state index contributed by atoms with van der Waals surface area (Å²) in [7, 11) is 0. The van der Waals surface area contributed by atoms with Crippen molar-refractivity contribution in [1.82, 2.24) is 4.90 Å². The first-order chi connectivity index (χ1) is 5.29. The molecular formula is C8H14N2S. The Morgan fingerprint density at radius 1 is 1.82 bits per heavy atom. The second-order valence-corrected chi connectivity index (χ2v) is 3.21. The topological polar surface area (TPSA) is 15.6 Å². The van der Waals surface area contributed by atoms with Crippen LogP contribution in [-0.4, -0.2) is 29.4 Å². The zero-order chi connectivity index (χ0) is 8.27. The van der Waals surface area contributed by atoms with Crippen LogP contribution in [0.1, 0.15) is 13.3 Å². The van der Waals surface area contributed by atoms with E-state index >= 15 is 0 Å². The zero-order valence-corrected chi connectivity index (χ0v) is 7.95. The average Bonchev–Trinajstić information content (AvgIpc) is 2.50. The second kappa shape index (κ2) is 3.81. The van der Waals surface area contributed by atoms with E-state index in [2.05, 4.69) is 29.7 Å². The summed E-state index contributed by atoms with van der Waals surface area (Å²) in [5.41, 5.74) is 1.18. The van der Waals surface area contributed by atoms with Gasteiger partial charge in [-0.15, -0.1) is 0 Å². The molecule has 0 saturated heterocycles. The van der Waals surface area contributed by atoms with Gasteiger partial charge in [-0.25, -0.2) is 0 Å². The number of hydrogen-bond acceptors (Lipinski definition) is 3. The molecule has 0 aromatic heterocycles. The minimum absolute atomic E-state index is 0.926. The largest absolute Gasteiger partial charge is 0.324 e. The van der Waals surface area contributed by atoms with Gasteiger partial charge in [-0.05, 0) is 12.7 Å². The minimum atomic E-state index is 0.926. The summed E-state index contributed by atoms with van der Waals surface area (Å²) >= 11 is 1.70. The van der Waals surface area contributed by atoms with Crippen LogP contribution >= 0.6 is 11.8 Å². The van der Waals surface area contributed by atoms with Gasteiger partial charge in [0.15, 0.2) is 5.17 Å². The molecule has 0 unspecified atom stereocenters. The molecule has 1 aliphatic rings. The number of thioether (sulfide) groups is 1. The molecule has 11 heavy (non-hydrogen) atoms. The van der Waals surface area contributed by atoms with E-state index < -0.39 is 0 Å². The molecule has 1 rings (SSSR count). The Morgan fingerprint density at radius 3 is 3.09 bits per heavy atom. The van der Waals surface area contributed by atoms with Crippen molar-refractivity contribution in [3.05, 3.63) is 12.3 Å². The number of nitrogens with zero attached hydrogens (tertiary/aromatic N) is 2. The van der Waals surface area contributed by atoms with E-state index in [0.29, 0.717) is 0 Å². The highest BCUT2D eigenvalue weighted by Gasteiger charge is 2.16. The Hall–Kier alpha value is -0.440. The summed E-state index contributed by atoms with van der Waals surface area (Å²) in [5, 5.41) is 1.12. The molecule has 0 aromatic carbocycles. The quantitative estimate of drug-likeness (QED) is 0.629. The standard InChI is InChI=1S/C8H14N2S/c1-4-7(2)10-6-5-9-8(10)11-3/h2,4-6H2,1,3H3. The lowest BCUT2D eigenvalue weighted by Gasteiger charge is -2.19. The fourth-order valence-corrected chi connectivity index (χ4v) is 1.75. The maximum Gasteiger partial charge on any atom is 0.163 e. The molecule has 0 spiro atoms. The zero-order valence-electron chi connectivity index (χ0n) is 7.13. The molecule has 1 aliphatic heterocycles. The first-order valence-electron chi connectivity index (χ1n) is 3.83. The van der Waals surface area contributed by atoms with E-state index in [1.807, 2.05) is 0 Å². The molecule has 0 fully saturated rings. The summed E-state index contributed by atoms with van der Waals surface area (Å²) in [6.07, 6.45) is 3.07. The maximum atomic E-state index is 4.35. The molecular weight excluding hydrogens is 156 g/mol. The van der Waals surface area contributed by atoms with Crippen LogP contribution in [0.5, 0.6) is 0 Å². The molecule has 1 heterocycles. The summed E-state index contributed by atoms with van der Waals surface area (Å²) in [4.78, 5) is 6.55. The molecule has 0 amide bonds. The third-order valence-corrected chi connectivity index (χ3v) is 2.49. The summed E-state index contributed by atoms with van der Waals surface area (Å²) in [6, 6.07) is 0. The van der Waals surface area contributed by atoms with Crippen molar-refractivity contribution in [3.8, 4) is 0 Å². The predicted molar refractivity (Wildman–Crippen MR) is 52.0 cm³/mol. The predicted octanol–water partition coefficient (Wildman–Crippen LogP) is 1.94. The summed E-state index contributed by atoms with van der Waals surface area (Å²) < 4.78 is 0. The van der Waals surface area contributed by atoms with E-state index in [9.17, 15) is 0 Å². The number of allylic oxidation sites excluding steroid dienone is 1. The van der Waals surface area contributed by atoms with Crippen molar-refractivity contribution in [3.63, 3.8) is 0 Å². The normalized spacial score (nSPS) is 16.9. The highest BCUT2D eigenvalue weighted by molar-refractivity contribution is 8.13. The van der Waals surface area contributed by atoms with Gasteiger partial charge in [-0.1, -0.05) is 25.3 Å². The first kappa shape index (κ1) is 8.65. The first-order valence-corrected chi connectivity index (χ1v) is 5.05. The lowest BCUT2D eigenvalue weighted by molar-refractivity contribution is 0.552. The van der Waals surface area contributed by atoms with Crippen molar-refractivity contribution in [2.45, 2.75) is 13.3 Å². The highest BCUT2D eigenvalue weighted by Crippen LogP contribution is 2.17. The van der Waals surface area contributed by atoms with E-state index in [1.165, 1.54) is 5.70 Å². The molecule has 3 heteroatoms. The van der Waals surface area contributed by atoms with Gasteiger partial charge >= 0.3 is 0 Å². The van der Waals surface area contributed by atoms with Crippen molar-refractivity contribution < 1.29 is 0 Å².